The van der Waals surface area contributed by atoms with E-state index in [9.17, 15) is 9.59 Å². The molecular weight excluding hydrogens is 260 g/mol. The first-order valence-electron chi connectivity index (χ1n) is 5.92. The maximum absolute atomic E-state index is 11.7. The highest BCUT2D eigenvalue weighted by atomic mass is 16.5. The van der Waals surface area contributed by atoms with E-state index >= 15 is 0 Å². The molecule has 1 aromatic rings. The molecule has 5 N–H and O–H groups in total. The molecule has 106 valence electrons. The molecule has 0 atom stereocenters. The summed E-state index contributed by atoms with van der Waals surface area (Å²) in [7, 11) is 0. The largest absolute Gasteiger partial charge is 0.370 e. The van der Waals surface area contributed by atoms with E-state index in [1.165, 1.54) is 6.20 Å². The van der Waals surface area contributed by atoms with Gasteiger partial charge in [-0.25, -0.2) is 4.98 Å². The van der Waals surface area contributed by atoms with Crippen molar-refractivity contribution >= 4 is 11.8 Å². The normalized spacial score (nSPS) is 9.45. The molecule has 7 heteroatoms. The lowest BCUT2D eigenvalue weighted by atomic mass is 10.2. The standard InChI is InChI=1S/C13H16N4O3/c14-5-1-2-10-3-4-11(17-8-10)13(19)16-6-7-20-9-12(15)18/h3-4,8H,5-7,9,14H2,(H2,15,18)(H,16,19). The Labute approximate surface area is 116 Å². The molecule has 0 radical (unpaired) electrons. The Kier molecular flexibility index (Phi) is 6.75. The number of primary amides is 1. The molecule has 0 aromatic carbocycles. The number of rotatable bonds is 6. The molecule has 0 saturated carbocycles. The van der Waals surface area contributed by atoms with Crippen molar-refractivity contribution < 1.29 is 14.3 Å². The summed E-state index contributed by atoms with van der Waals surface area (Å²) in [6.07, 6.45) is 1.50. The van der Waals surface area contributed by atoms with Crippen molar-refractivity contribution in [3.8, 4) is 11.8 Å². The van der Waals surface area contributed by atoms with Gasteiger partial charge in [-0.2, -0.15) is 0 Å². The van der Waals surface area contributed by atoms with Crippen LogP contribution in [0.15, 0.2) is 18.3 Å². The van der Waals surface area contributed by atoms with E-state index in [2.05, 4.69) is 22.1 Å². The van der Waals surface area contributed by atoms with Crippen LogP contribution in [0, 0.1) is 11.8 Å². The van der Waals surface area contributed by atoms with Gasteiger partial charge in [0.1, 0.15) is 12.3 Å². The van der Waals surface area contributed by atoms with Gasteiger partial charge in [0.05, 0.1) is 13.2 Å². The molecule has 0 aliphatic heterocycles. The quantitative estimate of drug-likeness (QED) is 0.437. The van der Waals surface area contributed by atoms with Crippen molar-refractivity contribution in [2.24, 2.45) is 11.5 Å². The van der Waals surface area contributed by atoms with E-state index < -0.39 is 5.91 Å². The highest BCUT2D eigenvalue weighted by Gasteiger charge is 2.05. The van der Waals surface area contributed by atoms with E-state index in [1.54, 1.807) is 12.1 Å². The number of hydrogen-bond donors (Lipinski definition) is 3. The van der Waals surface area contributed by atoms with Gasteiger partial charge in [-0.3, -0.25) is 9.59 Å². The Bertz CT molecular complexity index is 517. The molecule has 20 heavy (non-hydrogen) atoms. The zero-order valence-corrected chi connectivity index (χ0v) is 10.9. The lowest BCUT2D eigenvalue weighted by molar-refractivity contribution is -0.122. The molecule has 0 bridgehead atoms. The Hall–Kier alpha value is -2.43. The molecule has 2 amide bonds. The predicted octanol–water partition coefficient (Wildman–Crippen LogP) is -1.38. The smallest absolute Gasteiger partial charge is 0.269 e. The van der Waals surface area contributed by atoms with Crippen LogP contribution in [-0.2, 0) is 9.53 Å². The van der Waals surface area contributed by atoms with Gasteiger partial charge < -0.3 is 21.5 Å². The van der Waals surface area contributed by atoms with Crippen LogP contribution in [-0.4, -0.2) is 43.1 Å². The third kappa shape index (κ3) is 5.95. The average molecular weight is 276 g/mol. The second-order valence-electron chi connectivity index (χ2n) is 3.71. The monoisotopic (exact) mass is 276 g/mol. The number of nitrogens with zero attached hydrogens (tertiary/aromatic N) is 1. The van der Waals surface area contributed by atoms with Gasteiger partial charge in [-0.1, -0.05) is 11.8 Å². The Morgan fingerprint density at radius 3 is 2.80 bits per heavy atom. The van der Waals surface area contributed by atoms with Gasteiger partial charge in [-0.05, 0) is 12.1 Å². The Morgan fingerprint density at radius 1 is 1.40 bits per heavy atom. The molecule has 1 aromatic heterocycles. The number of hydrogen-bond acceptors (Lipinski definition) is 5. The third-order valence-electron chi connectivity index (χ3n) is 2.11. The van der Waals surface area contributed by atoms with E-state index in [1.807, 2.05) is 0 Å². The van der Waals surface area contributed by atoms with Crippen LogP contribution >= 0.6 is 0 Å². The summed E-state index contributed by atoms with van der Waals surface area (Å²) >= 11 is 0. The Balaban J connectivity index is 2.38. The first kappa shape index (κ1) is 15.6. The van der Waals surface area contributed by atoms with Crippen LogP contribution in [0.2, 0.25) is 0 Å². The van der Waals surface area contributed by atoms with E-state index in [0.29, 0.717) is 5.56 Å². The number of carbonyl (C=O) groups is 2. The fraction of sp³-hybridized carbons (Fsp3) is 0.308. The summed E-state index contributed by atoms with van der Waals surface area (Å²) in [6.45, 7) is 0.577. The first-order valence-corrected chi connectivity index (χ1v) is 5.92. The molecular formula is C13H16N4O3. The van der Waals surface area contributed by atoms with Gasteiger partial charge in [0.2, 0.25) is 5.91 Å². The predicted molar refractivity (Wildman–Crippen MR) is 72.5 cm³/mol. The second-order valence-corrected chi connectivity index (χ2v) is 3.71. The number of nitrogens with two attached hydrogens (primary N) is 2. The average Bonchev–Trinajstić information content (AvgIpc) is 2.44. The zero-order valence-electron chi connectivity index (χ0n) is 10.9. The molecule has 0 spiro atoms. The van der Waals surface area contributed by atoms with E-state index in [4.69, 9.17) is 16.2 Å². The van der Waals surface area contributed by atoms with E-state index in [0.717, 1.165) is 0 Å². The van der Waals surface area contributed by atoms with Crippen molar-refractivity contribution in [3.63, 3.8) is 0 Å². The van der Waals surface area contributed by atoms with Crippen LogP contribution in [0.25, 0.3) is 0 Å². The van der Waals surface area contributed by atoms with Crippen LogP contribution in [0.5, 0.6) is 0 Å². The molecule has 0 aliphatic carbocycles. The van der Waals surface area contributed by atoms with Crippen molar-refractivity contribution in [2.45, 2.75) is 0 Å². The van der Waals surface area contributed by atoms with Gasteiger partial charge in [0.25, 0.3) is 5.91 Å². The summed E-state index contributed by atoms with van der Waals surface area (Å²) in [6, 6.07) is 3.26. The van der Waals surface area contributed by atoms with Crippen LogP contribution in [0.1, 0.15) is 16.1 Å². The van der Waals surface area contributed by atoms with Gasteiger partial charge in [0, 0.05) is 18.3 Å². The number of aromatic nitrogens is 1. The van der Waals surface area contributed by atoms with Crippen molar-refractivity contribution in [1.82, 2.24) is 10.3 Å². The lowest BCUT2D eigenvalue weighted by Gasteiger charge is -2.04. The second kappa shape index (κ2) is 8.63. The summed E-state index contributed by atoms with van der Waals surface area (Å²) in [5, 5.41) is 2.60. The third-order valence-corrected chi connectivity index (χ3v) is 2.11. The summed E-state index contributed by atoms with van der Waals surface area (Å²) in [5.41, 5.74) is 11.1. The molecule has 0 saturated heterocycles. The summed E-state index contributed by atoms with van der Waals surface area (Å²) in [4.78, 5) is 26.1. The van der Waals surface area contributed by atoms with Gasteiger partial charge in [0.15, 0.2) is 0 Å². The summed E-state index contributed by atoms with van der Waals surface area (Å²) < 4.78 is 4.90. The maximum atomic E-state index is 11.7. The highest BCUT2D eigenvalue weighted by molar-refractivity contribution is 5.92. The maximum Gasteiger partial charge on any atom is 0.269 e. The first-order chi connectivity index (χ1) is 9.63. The fourth-order valence-electron chi connectivity index (χ4n) is 1.26. The molecule has 1 heterocycles. The minimum absolute atomic E-state index is 0.164. The number of carbonyl (C=O) groups excluding carboxylic acids is 2. The topological polar surface area (TPSA) is 120 Å². The van der Waals surface area contributed by atoms with Crippen molar-refractivity contribution in [1.29, 1.82) is 0 Å². The van der Waals surface area contributed by atoms with Crippen LogP contribution < -0.4 is 16.8 Å². The molecule has 0 aliphatic rings. The number of nitrogens with one attached hydrogen (secondary N) is 1. The Morgan fingerprint density at radius 2 is 2.20 bits per heavy atom. The zero-order chi connectivity index (χ0) is 14.8. The number of ether oxygens (including phenoxy) is 1. The van der Waals surface area contributed by atoms with Crippen LogP contribution in [0.3, 0.4) is 0 Å². The van der Waals surface area contributed by atoms with Crippen LogP contribution in [0.4, 0.5) is 0 Å². The molecule has 7 nitrogen and oxygen atoms in total. The number of amides is 2. The van der Waals surface area contributed by atoms with Gasteiger partial charge in [-0.15, -0.1) is 0 Å². The minimum Gasteiger partial charge on any atom is -0.370 e. The molecule has 0 fully saturated rings. The molecule has 0 unspecified atom stereocenters. The van der Waals surface area contributed by atoms with Crippen molar-refractivity contribution in [3.05, 3.63) is 29.6 Å². The number of pyridine rings is 1. The van der Waals surface area contributed by atoms with Crippen molar-refractivity contribution in [2.75, 3.05) is 26.3 Å². The lowest BCUT2D eigenvalue weighted by Crippen LogP contribution is -2.29. The van der Waals surface area contributed by atoms with Gasteiger partial charge >= 0.3 is 0 Å². The summed E-state index contributed by atoms with van der Waals surface area (Å²) in [5.74, 6) is 4.62. The van der Waals surface area contributed by atoms with E-state index in [-0.39, 0.29) is 37.9 Å². The fourth-order valence-corrected chi connectivity index (χ4v) is 1.26. The molecule has 1 rings (SSSR count). The SMILES string of the molecule is NCC#Cc1ccc(C(=O)NCCOCC(N)=O)nc1. The minimum atomic E-state index is -0.549. The highest BCUT2D eigenvalue weighted by Crippen LogP contribution is 1.98.